The van der Waals surface area contributed by atoms with Crippen LogP contribution in [0.2, 0.25) is 0 Å². The maximum Gasteiger partial charge on any atom is 0.206 e. The number of hydrogen-bond donors (Lipinski definition) is 0. The van der Waals surface area contributed by atoms with Crippen molar-refractivity contribution in [2.45, 2.75) is 39.0 Å². The predicted molar refractivity (Wildman–Crippen MR) is 123 cm³/mol. The normalized spacial score (nSPS) is 17.0. The van der Waals surface area contributed by atoms with Gasteiger partial charge in [0, 0.05) is 16.7 Å². The van der Waals surface area contributed by atoms with Crippen LogP contribution in [0.4, 0.5) is 0 Å². The van der Waals surface area contributed by atoms with Crippen molar-refractivity contribution in [3.63, 3.8) is 0 Å². The molecule has 0 spiro atoms. The van der Waals surface area contributed by atoms with Crippen LogP contribution in [0.3, 0.4) is 0 Å². The first kappa shape index (κ1) is 22.2. The van der Waals surface area contributed by atoms with Crippen LogP contribution >= 0.6 is 11.3 Å². The minimum atomic E-state index is 0.554. The Balaban J connectivity index is 2.10. The molecule has 162 valence electrons. The number of nitrogens with zero attached hydrogens (tertiary/aromatic N) is 3. The molecule has 1 aromatic heterocycles. The number of benzene rings is 1. The quantitative estimate of drug-likeness (QED) is 0.547. The van der Waals surface area contributed by atoms with E-state index >= 15 is 0 Å². The third-order valence-electron chi connectivity index (χ3n) is 5.50. The molecule has 1 heterocycles. The van der Waals surface area contributed by atoms with E-state index in [1.54, 1.807) is 38.7 Å². The fourth-order valence-corrected chi connectivity index (χ4v) is 4.58. The fraction of sp³-hybridized carbons (Fsp3) is 0.478. The number of rotatable bonds is 8. The van der Waals surface area contributed by atoms with E-state index in [-0.39, 0.29) is 0 Å². The van der Waals surface area contributed by atoms with Crippen LogP contribution in [0, 0.1) is 5.92 Å². The van der Waals surface area contributed by atoms with E-state index in [2.05, 4.69) is 23.9 Å². The molecule has 0 saturated heterocycles. The summed E-state index contributed by atoms with van der Waals surface area (Å²) in [5.41, 5.74) is 3.12. The van der Waals surface area contributed by atoms with Gasteiger partial charge in [-0.3, -0.25) is 4.99 Å². The lowest BCUT2D eigenvalue weighted by atomic mass is 9.86. The van der Waals surface area contributed by atoms with Gasteiger partial charge >= 0.3 is 0 Å². The Bertz CT molecular complexity index is 939. The Morgan fingerprint density at radius 1 is 1.13 bits per heavy atom. The SMILES string of the molecule is C=CCN=c1scc(-c2cc(OC)c(OC)c(OC)c2)n1N=C1CCC(CC)CC1. The van der Waals surface area contributed by atoms with Crippen molar-refractivity contribution in [2.24, 2.45) is 16.0 Å². The molecular weight excluding hydrogens is 398 g/mol. The first-order chi connectivity index (χ1) is 14.6. The number of thiazole rings is 1. The first-order valence-corrected chi connectivity index (χ1v) is 11.2. The van der Waals surface area contributed by atoms with Crippen LogP contribution in [0.5, 0.6) is 17.2 Å². The van der Waals surface area contributed by atoms with E-state index in [1.165, 1.54) is 25.0 Å². The second-order valence-corrected chi connectivity index (χ2v) is 8.11. The summed E-state index contributed by atoms with van der Waals surface area (Å²) in [4.78, 5) is 5.51. The lowest BCUT2D eigenvalue weighted by Crippen LogP contribution is -2.19. The maximum atomic E-state index is 5.54. The van der Waals surface area contributed by atoms with Crippen molar-refractivity contribution in [1.82, 2.24) is 4.68 Å². The van der Waals surface area contributed by atoms with E-state index in [1.807, 2.05) is 16.8 Å². The molecule has 1 aromatic carbocycles. The molecule has 3 rings (SSSR count). The molecule has 1 fully saturated rings. The molecule has 7 heteroatoms. The van der Waals surface area contributed by atoms with Gasteiger partial charge in [-0.05, 0) is 43.7 Å². The van der Waals surface area contributed by atoms with Gasteiger partial charge in [-0.15, -0.1) is 17.9 Å². The van der Waals surface area contributed by atoms with Gasteiger partial charge in [-0.2, -0.15) is 5.10 Å². The second-order valence-electron chi connectivity index (χ2n) is 7.28. The van der Waals surface area contributed by atoms with Gasteiger partial charge in [-0.1, -0.05) is 19.4 Å². The lowest BCUT2D eigenvalue weighted by molar-refractivity contribution is 0.324. The zero-order valence-corrected chi connectivity index (χ0v) is 19.1. The summed E-state index contributed by atoms with van der Waals surface area (Å²) in [5, 5.41) is 7.11. The van der Waals surface area contributed by atoms with E-state index in [4.69, 9.17) is 19.3 Å². The van der Waals surface area contributed by atoms with Crippen molar-refractivity contribution in [2.75, 3.05) is 27.9 Å². The van der Waals surface area contributed by atoms with Crippen molar-refractivity contribution >= 4 is 17.0 Å². The molecule has 0 amide bonds. The van der Waals surface area contributed by atoms with Crippen LogP contribution in [-0.4, -0.2) is 38.3 Å². The third-order valence-corrected chi connectivity index (χ3v) is 6.36. The Labute approximate surface area is 182 Å². The van der Waals surface area contributed by atoms with E-state index in [0.29, 0.717) is 23.8 Å². The second kappa shape index (κ2) is 10.5. The summed E-state index contributed by atoms with van der Waals surface area (Å²) < 4.78 is 18.5. The Kier molecular flexibility index (Phi) is 7.74. The van der Waals surface area contributed by atoms with Gasteiger partial charge in [0.1, 0.15) is 0 Å². The van der Waals surface area contributed by atoms with Crippen molar-refractivity contribution in [1.29, 1.82) is 0 Å². The average Bonchev–Trinajstić information content (AvgIpc) is 3.19. The molecule has 2 aromatic rings. The molecular formula is C23H31N3O3S. The minimum absolute atomic E-state index is 0.554. The average molecular weight is 430 g/mol. The summed E-state index contributed by atoms with van der Waals surface area (Å²) in [6, 6.07) is 3.90. The Hall–Kier alpha value is -2.54. The summed E-state index contributed by atoms with van der Waals surface area (Å²) in [7, 11) is 4.86. The van der Waals surface area contributed by atoms with Crippen LogP contribution in [0.15, 0.2) is 40.3 Å². The molecule has 0 unspecified atom stereocenters. The van der Waals surface area contributed by atoms with Gasteiger partial charge in [0.15, 0.2) is 11.5 Å². The van der Waals surface area contributed by atoms with Crippen LogP contribution < -0.4 is 19.0 Å². The van der Waals surface area contributed by atoms with Gasteiger partial charge in [-0.25, -0.2) is 4.68 Å². The predicted octanol–water partition coefficient (Wildman–Crippen LogP) is 5.13. The van der Waals surface area contributed by atoms with Crippen molar-refractivity contribution in [3.05, 3.63) is 35.0 Å². The molecule has 1 saturated carbocycles. The number of ether oxygens (including phenoxy) is 3. The third kappa shape index (κ3) is 4.78. The smallest absolute Gasteiger partial charge is 0.206 e. The molecule has 6 nitrogen and oxygen atoms in total. The Morgan fingerprint density at radius 3 is 2.33 bits per heavy atom. The van der Waals surface area contributed by atoms with Crippen molar-refractivity contribution < 1.29 is 14.2 Å². The highest BCUT2D eigenvalue weighted by Crippen LogP contribution is 2.41. The zero-order valence-electron chi connectivity index (χ0n) is 18.3. The van der Waals surface area contributed by atoms with Crippen LogP contribution in [-0.2, 0) is 0 Å². The molecule has 1 aliphatic carbocycles. The lowest BCUT2D eigenvalue weighted by Gasteiger charge is -2.21. The highest BCUT2D eigenvalue weighted by Gasteiger charge is 2.19. The number of aromatic nitrogens is 1. The highest BCUT2D eigenvalue weighted by atomic mass is 32.1. The van der Waals surface area contributed by atoms with E-state index in [9.17, 15) is 0 Å². The van der Waals surface area contributed by atoms with E-state index < -0.39 is 0 Å². The summed E-state index contributed by atoms with van der Waals surface area (Å²) in [6.07, 6.45) is 7.53. The van der Waals surface area contributed by atoms with Crippen LogP contribution in [0.25, 0.3) is 11.3 Å². The fourth-order valence-electron chi connectivity index (χ4n) is 3.73. The van der Waals surface area contributed by atoms with E-state index in [0.717, 1.165) is 34.8 Å². The largest absolute Gasteiger partial charge is 0.493 e. The summed E-state index contributed by atoms with van der Waals surface area (Å²) in [5.74, 6) is 2.62. The molecule has 0 aliphatic heterocycles. The summed E-state index contributed by atoms with van der Waals surface area (Å²) >= 11 is 1.57. The monoisotopic (exact) mass is 429 g/mol. The molecule has 0 radical (unpaired) electrons. The first-order valence-electron chi connectivity index (χ1n) is 10.3. The van der Waals surface area contributed by atoms with Gasteiger partial charge < -0.3 is 14.2 Å². The van der Waals surface area contributed by atoms with Gasteiger partial charge in [0.25, 0.3) is 0 Å². The molecule has 0 atom stereocenters. The Morgan fingerprint density at radius 2 is 1.80 bits per heavy atom. The minimum Gasteiger partial charge on any atom is -0.493 e. The number of methoxy groups -OCH3 is 3. The van der Waals surface area contributed by atoms with Gasteiger partial charge in [0.05, 0.1) is 33.6 Å². The summed E-state index contributed by atoms with van der Waals surface area (Å²) in [6.45, 7) is 6.61. The molecule has 30 heavy (non-hydrogen) atoms. The topological polar surface area (TPSA) is 57.3 Å². The standard InChI is InChI=1S/C23H31N3O3S/c1-6-12-24-23-26(25-18-10-8-16(7-2)9-11-18)19(15-30-23)17-13-20(27-3)22(29-5)21(14-17)28-4/h6,13-16H,1,7-12H2,2-5H3. The van der Waals surface area contributed by atoms with Crippen LogP contribution in [0.1, 0.15) is 39.0 Å². The maximum absolute atomic E-state index is 5.54. The zero-order chi connectivity index (χ0) is 21.5. The molecule has 0 N–H and O–H groups in total. The highest BCUT2D eigenvalue weighted by molar-refractivity contribution is 7.07. The number of hydrogen-bond acceptors (Lipinski definition) is 6. The molecule has 0 bridgehead atoms. The van der Waals surface area contributed by atoms with Gasteiger partial charge in [0.2, 0.25) is 10.6 Å². The van der Waals surface area contributed by atoms with Crippen molar-refractivity contribution in [3.8, 4) is 28.5 Å². The molecule has 1 aliphatic rings.